The Balaban J connectivity index is 1.43. The van der Waals surface area contributed by atoms with Crippen LogP contribution in [0.5, 0.6) is 5.75 Å². The number of anilines is 3. The van der Waals surface area contributed by atoms with Crippen LogP contribution in [0.3, 0.4) is 0 Å². The number of aliphatic imine (C=N–C) groups is 1. The molecule has 1 aromatic carbocycles. The van der Waals surface area contributed by atoms with E-state index in [9.17, 15) is 9.59 Å². The highest BCUT2D eigenvalue weighted by molar-refractivity contribution is 6.13. The number of morpholine rings is 1. The minimum absolute atomic E-state index is 0.150. The van der Waals surface area contributed by atoms with E-state index < -0.39 is 5.92 Å². The lowest BCUT2D eigenvalue weighted by Gasteiger charge is -2.30. The molecule has 0 radical (unpaired) electrons. The summed E-state index contributed by atoms with van der Waals surface area (Å²) in [6, 6.07) is 5.88. The predicted octanol–water partition coefficient (Wildman–Crippen LogP) is 2.96. The molecule has 1 aromatic heterocycles. The lowest BCUT2D eigenvalue weighted by Crippen LogP contribution is -2.36. The SMILES string of the molecule is CN1CCCNc2ncnc3c2C(C=Nc2ccc(N4CCOCC4)c(c2)OCCCCCC1=O)C(=O)N3. The molecule has 2 N–H and O–H groups in total. The van der Waals surface area contributed by atoms with Crippen LogP contribution in [-0.2, 0) is 14.3 Å². The molecule has 1 atom stereocenters. The first kappa shape index (κ1) is 25.9. The van der Waals surface area contributed by atoms with Crippen molar-refractivity contribution in [3.8, 4) is 5.75 Å². The Morgan fingerprint density at radius 3 is 2.68 bits per heavy atom. The molecule has 1 unspecified atom stereocenters. The Morgan fingerprint density at radius 1 is 0.974 bits per heavy atom. The summed E-state index contributed by atoms with van der Waals surface area (Å²) in [5, 5.41) is 6.16. The van der Waals surface area contributed by atoms with Gasteiger partial charge in [-0.1, -0.05) is 0 Å². The van der Waals surface area contributed by atoms with E-state index >= 15 is 0 Å². The third-order valence-electron chi connectivity index (χ3n) is 7.07. The van der Waals surface area contributed by atoms with E-state index in [1.54, 1.807) is 11.1 Å². The Kier molecular flexibility index (Phi) is 8.32. The Hall–Kier alpha value is -3.73. The van der Waals surface area contributed by atoms with Crippen molar-refractivity contribution in [2.24, 2.45) is 4.99 Å². The predicted molar refractivity (Wildman–Crippen MR) is 146 cm³/mol. The number of aromatic nitrogens is 2. The highest BCUT2D eigenvalue weighted by atomic mass is 16.5. The van der Waals surface area contributed by atoms with Crippen LogP contribution in [0, 0.1) is 0 Å². The van der Waals surface area contributed by atoms with Crippen molar-refractivity contribution in [3.05, 3.63) is 30.1 Å². The van der Waals surface area contributed by atoms with E-state index in [2.05, 4.69) is 30.5 Å². The van der Waals surface area contributed by atoms with E-state index in [1.807, 2.05) is 25.2 Å². The molecule has 0 spiro atoms. The number of amides is 2. The molecule has 3 aliphatic heterocycles. The molecular formula is C27H35N7O4. The molecule has 202 valence electrons. The molecule has 1 saturated heterocycles. The summed E-state index contributed by atoms with van der Waals surface area (Å²) < 4.78 is 11.8. The number of fused-ring (bicyclic) bond motifs is 2. The van der Waals surface area contributed by atoms with Crippen molar-refractivity contribution in [2.75, 3.05) is 68.6 Å². The van der Waals surface area contributed by atoms with Gasteiger partial charge < -0.3 is 29.9 Å². The number of ether oxygens (including phenoxy) is 2. The van der Waals surface area contributed by atoms with Crippen molar-refractivity contribution in [1.29, 1.82) is 0 Å². The smallest absolute Gasteiger partial charge is 0.238 e. The molecule has 4 heterocycles. The second kappa shape index (κ2) is 12.2. The van der Waals surface area contributed by atoms with E-state index in [0.717, 1.165) is 50.2 Å². The topological polar surface area (TPSA) is 121 Å². The first-order valence-electron chi connectivity index (χ1n) is 13.4. The largest absolute Gasteiger partial charge is 0.491 e. The van der Waals surface area contributed by atoms with Crippen LogP contribution in [0.4, 0.5) is 23.0 Å². The van der Waals surface area contributed by atoms with Crippen LogP contribution in [0.15, 0.2) is 29.5 Å². The van der Waals surface area contributed by atoms with Crippen molar-refractivity contribution in [1.82, 2.24) is 14.9 Å². The van der Waals surface area contributed by atoms with E-state index in [-0.39, 0.29) is 11.8 Å². The third-order valence-corrected chi connectivity index (χ3v) is 7.07. The Bertz CT molecular complexity index is 1180. The zero-order valence-corrected chi connectivity index (χ0v) is 21.8. The maximum atomic E-state index is 12.8. The molecule has 3 aliphatic rings. The number of benzene rings is 1. The van der Waals surface area contributed by atoms with Gasteiger partial charge in [0.05, 0.1) is 36.8 Å². The molecular weight excluding hydrogens is 486 g/mol. The van der Waals surface area contributed by atoms with Gasteiger partial charge in [-0.25, -0.2) is 9.97 Å². The van der Waals surface area contributed by atoms with Crippen LogP contribution in [0.1, 0.15) is 43.6 Å². The molecule has 38 heavy (non-hydrogen) atoms. The molecule has 2 amide bonds. The molecule has 11 heteroatoms. The van der Waals surface area contributed by atoms with Gasteiger partial charge in [-0.3, -0.25) is 14.6 Å². The lowest BCUT2D eigenvalue weighted by atomic mass is 10.0. The van der Waals surface area contributed by atoms with E-state index in [4.69, 9.17) is 9.47 Å². The average Bonchev–Trinajstić information content (AvgIpc) is 3.27. The van der Waals surface area contributed by atoms with Gasteiger partial charge in [-0.15, -0.1) is 0 Å². The monoisotopic (exact) mass is 521 g/mol. The van der Waals surface area contributed by atoms with Crippen LogP contribution >= 0.6 is 0 Å². The van der Waals surface area contributed by atoms with Gasteiger partial charge in [0.15, 0.2) is 0 Å². The third kappa shape index (κ3) is 6.04. The van der Waals surface area contributed by atoms with Crippen LogP contribution < -0.4 is 20.3 Å². The molecule has 11 nitrogen and oxygen atoms in total. The highest BCUT2D eigenvalue weighted by Crippen LogP contribution is 2.36. The standard InChI is InChI=1S/C27H35N7O4/c1-33-10-5-9-28-25-24-20(27(36)32-26(24)31-18-30-25)17-29-19-7-8-21(34-11-14-37-15-12-34)22(16-19)38-13-4-2-3-6-23(33)35/h7-8,16-18,20H,2-6,9-15H2,1H3,(H2,28,30,31,32,36). The van der Waals surface area contributed by atoms with E-state index in [0.29, 0.717) is 62.2 Å². The van der Waals surface area contributed by atoms with Gasteiger partial charge in [0.25, 0.3) is 0 Å². The van der Waals surface area contributed by atoms with Gasteiger partial charge in [-0.2, -0.15) is 0 Å². The quantitative estimate of drug-likeness (QED) is 0.588. The summed E-state index contributed by atoms with van der Waals surface area (Å²) >= 11 is 0. The maximum Gasteiger partial charge on any atom is 0.238 e. The fourth-order valence-electron chi connectivity index (χ4n) is 4.90. The van der Waals surface area contributed by atoms with Crippen molar-refractivity contribution in [3.63, 3.8) is 0 Å². The molecule has 2 bridgehead atoms. The van der Waals surface area contributed by atoms with Gasteiger partial charge in [0.2, 0.25) is 11.8 Å². The van der Waals surface area contributed by atoms with Gasteiger partial charge >= 0.3 is 0 Å². The minimum atomic E-state index is -0.619. The van der Waals surface area contributed by atoms with Crippen LogP contribution in [0.25, 0.3) is 0 Å². The number of carbonyl (C=O) groups is 2. The van der Waals surface area contributed by atoms with Crippen molar-refractivity contribution < 1.29 is 19.1 Å². The number of nitrogens with zero attached hydrogens (tertiary/aromatic N) is 5. The Labute approximate surface area is 222 Å². The van der Waals surface area contributed by atoms with Crippen molar-refractivity contribution >= 4 is 41.0 Å². The van der Waals surface area contributed by atoms with Crippen molar-refractivity contribution in [2.45, 2.75) is 38.0 Å². The number of carbonyl (C=O) groups excluding carboxylic acids is 2. The molecule has 5 rings (SSSR count). The van der Waals surface area contributed by atoms with Gasteiger partial charge in [0, 0.05) is 51.9 Å². The summed E-state index contributed by atoms with van der Waals surface area (Å²) in [6.07, 6.45) is 6.98. The molecule has 0 saturated carbocycles. The molecule has 0 aliphatic carbocycles. The average molecular weight is 522 g/mol. The number of hydrogen-bond acceptors (Lipinski definition) is 9. The van der Waals surface area contributed by atoms with Gasteiger partial charge in [0.1, 0.15) is 29.6 Å². The zero-order valence-electron chi connectivity index (χ0n) is 21.8. The first-order valence-corrected chi connectivity index (χ1v) is 13.4. The summed E-state index contributed by atoms with van der Waals surface area (Å²) in [6.45, 7) is 4.76. The van der Waals surface area contributed by atoms with Gasteiger partial charge in [-0.05, 0) is 37.8 Å². The summed E-state index contributed by atoms with van der Waals surface area (Å²) in [4.78, 5) is 42.7. The van der Waals surface area contributed by atoms with Crippen LogP contribution in [-0.4, -0.2) is 85.9 Å². The Morgan fingerprint density at radius 2 is 1.82 bits per heavy atom. The summed E-state index contributed by atoms with van der Waals surface area (Å²) in [5.41, 5.74) is 2.39. The summed E-state index contributed by atoms with van der Waals surface area (Å²) in [5.74, 6) is 1.18. The fourth-order valence-corrected chi connectivity index (χ4v) is 4.90. The lowest BCUT2D eigenvalue weighted by molar-refractivity contribution is -0.130. The number of hydrogen-bond donors (Lipinski definition) is 2. The second-order valence-corrected chi connectivity index (χ2v) is 9.74. The first-order chi connectivity index (χ1) is 18.6. The molecule has 1 fully saturated rings. The molecule has 2 aromatic rings. The zero-order chi connectivity index (χ0) is 26.3. The minimum Gasteiger partial charge on any atom is -0.491 e. The second-order valence-electron chi connectivity index (χ2n) is 9.74. The fraction of sp³-hybridized carbons (Fsp3) is 0.519. The number of nitrogens with one attached hydrogen (secondary N) is 2. The maximum absolute atomic E-state index is 12.8. The van der Waals surface area contributed by atoms with E-state index in [1.165, 1.54) is 6.33 Å². The van der Waals surface area contributed by atoms with Crippen LogP contribution in [0.2, 0.25) is 0 Å². The highest BCUT2D eigenvalue weighted by Gasteiger charge is 2.33. The summed E-state index contributed by atoms with van der Waals surface area (Å²) in [7, 11) is 1.84. The normalized spacial score (nSPS) is 21.2. The number of rotatable bonds is 1.